The smallest absolute Gasteiger partial charge is 0.266 e. The number of hydrogen-bond acceptors (Lipinski definition) is 4. The topological polar surface area (TPSA) is 113 Å². The number of benzene rings is 2. The van der Waals surface area contributed by atoms with Gasteiger partial charge in [-0.1, -0.05) is 28.1 Å². The molecule has 24 heavy (non-hydrogen) atoms. The van der Waals surface area contributed by atoms with Crippen LogP contribution in [0, 0.1) is 11.3 Å². The van der Waals surface area contributed by atoms with E-state index in [0.29, 0.717) is 11.3 Å². The van der Waals surface area contributed by atoms with Gasteiger partial charge < -0.3 is 5.32 Å². The van der Waals surface area contributed by atoms with Gasteiger partial charge in [0.25, 0.3) is 5.91 Å². The number of nitrogens with two attached hydrogens (primary N) is 1. The Morgan fingerprint density at radius 2 is 1.88 bits per heavy atom. The van der Waals surface area contributed by atoms with E-state index < -0.39 is 15.9 Å². The predicted octanol–water partition coefficient (Wildman–Crippen LogP) is 2.64. The van der Waals surface area contributed by atoms with Crippen LogP contribution in [0.4, 0.5) is 5.69 Å². The van der Waals surface area contributed by atoms with E-state index >= 15 is 0 Å². The van der Waals surface area contributed by atoms with Crippen LogP contribution >= 0.6 is 15.9 Å². The van der Waals surface area contributed by atoms with E-state index in [2.05, 4.69) is 21.2 Å². The number of anilines is 1. The average Bonchev–Trinajstić information content (AvgIpc) is 2.52. The molecule has 3 N–H and O–H groups in total. The van der Waals surface area contributed by atoms with Crippen molar-refractivity contribution in [2.24, 2.45) is 5.14 Å². The van der Waals surface area contributed by atoms with E-state index in [0.717, 1.165) is 4.47 Å². The summed E-state index contributed by atoms with van der Waals surface area (Å²) in [7, 11) is -3.79. The maximum atomic E-state index is 12.2. The molecule has 1 amide bonds. The highest BCUT2D eigenvalue weighted by Gasteiger charge is 2.11. The van der Waals surface area contributed by atoms with Gasteiger partial charge in [0, 0.05) is 10.2 Å². The maximum absolute atomic E-state index is 12.2. The Balaban J connectivity index is 2.20. The quantitative estimate of drug-likeness (QED) is 0.600. The summed E-state index contributed by atoms with van der Waals surface area (Å²) in [5.41, 5.74) is 0.965. The van der Waals surface area contributed by atoms with Crippen molar-refractivity contribution in [2.75, 3.05) is 5.32 Å². The molecule has 0 aliphatic rings. The molecule has 0 spiro atoms. The van der Waals surface area contributed by atoms with Crippen LogP contribution in [-0.4, -0.2) is 14.3 Å². The number of nitrogens with zero attached hydrogens (tertiary/aromatic N) is 1. The normalized spacial score (nSPS) is 11.6. The molecule has 0 aliphatic carbocycles. The van der Waals surface area contributed by atoms with Gasteiger partial charge in [0.15, 0.2) is 0 Å². The van der Waals surface area contributed by atoms with Crippen LogP contribution in [-0.2, 0) is 14.8 Å². The van der Waals surface area contributed by atoms with Crippen molar-refractivity contribution in [3.63, 3.8) is 0 Å². The Kier molecular flexibility index (Phi) is 5.51. The van der Waals surface area contributed by atoms with Crippen molar-refractivity contribution in [1.29, 1.82) is 5.26 Å². The molecule has 2 aromatic rings. The second-order valence-electron chi connectivity index (χ2n) is 4.75. The van der Waals surface area contributed by atoms with Crippen LogP contribution in [0.5, 0.6) is 0 Å². The van der Waals surface area contributed by atoms with Crippen molar-refractivity contribution in [2.45, 2.75) is 4.90 Å². The molecule has 6 nitrogen and oxygen atoms in total. The summed E-state index contributed by atoms with van der Waals surface area (Å²) < 4.78 is 23.2. The lowest BCUT2D eigenvalue weighted by Crippen LogP contribution is -2.14. The number of sulfonamides is 1. The lowest BCUT2D eigenvalue weighted by Gasteiger charge is -2.05. The molecule has 0 aromatic heterocycles. The van der Waals surface area contributed by atoms with Gasteiger partial charge in [-0.2, -0.15) is 5.26 Å². The summed E-state index contributed by atoms with van der Waals surface area (Å²) in [5.74, 6) is -0.596. The van der Waals surface area contributed by atoms with E-state index in [1.165, 1.54) is 30.3 Å². The Bertz CT molecular complexity index is 945. The molecule has 0 saturated heterocycles. The van der Waals surface area contributed by atoms with Gasteiger partial charge in [-0.05, 0) is 48.0 Å². The summed E-state index contributed by atoms with van der Waals surface area (Å²) in [4.78, 5) is 12.1. The zero-order valence-electron chi connectivity index (χ0n) is 12.2. The van der Waals surface area contributed by atoms with E-state index in [9.17, 15) is 13.2 Å². The van der Waals surface area contributed by atoms with E-state index in [-0.39, 0.29) is 10.5 Å². The summed E-state index contributed by atoms with van der Waals surface area (Å²) in [6, 6.07) is 14.3. The first-order chi connectivity index (χ1) is 11.3. The minimum absolute atomic E-state index is 0.0642. The summed E-state index contributed by atoms with van der Waals surface area (Å²) in [6.07, 6.45) is 1.46. The highest BCUT2D eigenvalue weighted by atomic mass is 79.9. The molecule has 0 bridgehead atoms. The number of primary sulfonamides is 1. The van der Waals surface area contributed by atoms with Gasteiger partial charge in [-0.3, -0.25) is 4.79 Å². The first-order valence-electron chi connectivity index (χ1n) is 6.61. The van der Waals surface area contributed by atoms with Crippen molar-refractivity contribution >= 4 is 43.6 Å². The van der Waals surface area contributed by atoms with Gasteiger partial charge in [-0.15, -0.1) is 0 Å². The van der Waals surface area contributed by atoms with Crippen LogP contribution in [0.1, 0.15) is 5.56 Å². The molecule has 0 heterocycles. The maximum Gasteiger partial charge on any atom is 0.266 e. The lowest BCUT2D eigenvalue weighted by molar-refractivity contribution is -0.112. The Morgan fingerprint density at radius 3 is 2.42 bits per heavy atom. The zero-order valence-corrected chi connectivity index (χ0v) is 14.6. The number of nitrogens with one attached hydrogen (secondary N) is 1. The highest BCUT2D eigenvalue weighted by Crippen LogP contribution is 2.16. The number of amides is 1. The number of halogens is 1. The van der Waals surface area contributed by atoms with E-state index in [4.69, 9.17) is 10.4 Å². The molecule has 122 valence electrons. The summed E-state index contributed by atoms with van der Waals surface area (Å²) in [5, 5.41) is 16.7. The second-order valence-corrected chi connectivity index (χ2v) is 7.23. The molecule has 0 fully saturated rings. The van der Waals surface area contributed by atoms with Crippen molar-refractivity contribution in [3.8, 4) is 6.07 Å². The van der Waals surface area contributed by atoms with Gasteiger partial charge in [-0.25, -0.2) is 13.6 Å². The van der Waals surface area contributed by atoms with Crippen molar-refractivity contribution in [1.82, 2.24) is 0 Å². The number of nitriles is 1. The highest BCUT2D eigenvalue weighted by molar-refractivity contribution is 9.10. The SMILES string of the molecule is N#C/C(=C/c1cccc(Br)c1)C(=O)Nc1ccc(S(N)(=O)=O)cc1. The first kappa shape index (κ1) is 17.9. The monoisotopic (exact) mass is 405 g/mol. The Hall–Kier alpha value is -2.47. The molecule has 0 aliphatic heterocycles. The third-order valence-corrected chi connectivity index (χ3v) is 4.39. The predicted molar refractivity (Wildman–Crippen MR) is 94.2 cm³/mol. The number of hydrogen-bond donors (Lipinski definition) is 2. The fourth-order valence-corrected chi connectivity index (χ4v) is 2.77. The lowest BCUT2D eigenvalue weighted by atomic mass is 10.1. The fraction of sp³-hybridized carbons (Fsp3) is 0. The molecular formula is C16H12BrN3O3S. The van der Waals surface area contributed by atoms with Crippen LogP contribution in [0.25, 0.3) is 6.08 Å². The largest absolute Gasteiger partial charge is 0.321 e. The van der Waals surface area contributed by atoms with Gasteiger partial charge >= 0.3 is 0 Å². The molecule has 2 rings (SSSR count). The Morgan fingerprint density at radius 1 is 1.21 bits per heavy atom. The molecular weight excluding hydrogens is 394 g/mol. The third kappa shape index (κ3) is 4.76. The molecule has 0 unspecified atom stereocenters. The van der Waals surface area contributed by atoms with E-state index in [1.807, 2.05) is 12.1 Å². The fourth-order valence-electron chi connectivity index (χ4n) is 1.84. The number of rotatable bonds is 4. The summed E-state index contributed by atoms with van der Waals surface area (Å²) in [6.45, 7) is 0. The minimum atomic E-state index is -3.79. The molecule has 0 radical (unpaired) electrons. The van der Waals surface area contributed by atoms with Gasteiger partial charge in [0.2, 0.25) is 10.0 Å². The zero-order chi connectivity index (χ0) is 17.7. The molecule has 2 aromatic carbocycles. The van der Waals surface area contributed by atoms with Crippen LogP contribution in [0.2, 0.25) is 0 Å². The average molecular weight is 406 g/mol. The standard InChI is InChI=1S/C16H12BrN3O3S/c17-13-3-1-2-11(9-13)8-12(10-18)16(21)20-14-4-6-15(7-5-14)24(19,22)23/h1-9H,(H,20,21)(H2,19,22,23)/b12-8-. The van der Waals surface area contributed by atoms with Gasteiger partial charge in [0.05, 0.1) is 4.90 Å². The van der Waals surface area contributed by atoms with Crippen molar-refractivity contribution < 1.29 is 13.2 Å². The molecule has 0 saturated carbocycles. The first-order valence-corrected chi connectivity index (χ1v) is 8.95. The Labute approximate surface area is 147 Å². The van der Waals surface area contributed by atoms with Crippen molar-refractivity contribution in [3.05, 3.63) is 64.1 Å². The molecule has 8 heteroatoms. The van der Waals surface area contributed by atoms with E-state index in [1.54, 1.807) is 18.2 Å². The third-order valence-electron chi connectivity index (χ3n) is 2.97. The second kappa shape index (κ2) is 7.40. The van der Waals surface area contributed by atoms with Crippen LogP contribution in [0.15, 0.2) is 63.5 Å². The number of carbonyl (C=O) groups excluding carboxylic acids is 1. The van der Waals surface area contributed by atoms with Gasteiger partial charge in [0.1, 0.15) is 11.6 Å². The van der Waals surface area contributed by atoms with Crippen LogP contribution < -0.4 is 10.5 Å². The minimum Gasteiger partial charge on any atom is -0.321 e. The van der Waals surface area contributed by atoms with Crippen LogP contribution in [0.3, 0.4) is 0 Å². The molecule has 0 atom stereocenters. The summed E-state index contributed by atoms with van der Waals surface area (Å²) >= 11 is 3.32. The number of carbonyl (C=O) groups is 1.